The van der Waals surface area contributed by atoms with Gasteiger partial charge in [-0.15, -0.1) is 0 Å². The van der Waals surface area contributed by atoms with E-state index in [0.717, 1.165) is 18.8 Å². The zero-order valence-corrected chi connectivity index (χ0v) is 16.6. The molecular formula is C21H34O7. The van der Waals surface area contributed by atoms with Crippen LogP contribution in [0.1, 0.15) is 51.9 Å². The molecular weight excluding hydrogens is 364 g/mol. The molecule has 0 amide bonds. The monoisotopic (exact) mass is 398 g/mol. The summed E-state index contributed by atoms with van der Waals surface area (Å²) in [5.74, 6) is 1.21. The first-order valence-corrected chi connectivity index (χ1v) is 10.9. The summed E-state index contributed by atoms with van der Waals surface area (Å²) in [6.45, 7) is 1.44. The summed E-state index contributed by atoms with van der Waals surface area (Å²) < 4.78 is 17.1. The van der Waals surface area contributed by atoms with Gasteiger partial charge in [-0.2, -0.15) is 0 Å². The van der Waals surface area contributed by atoms with Gasteiger partial charge in [-0.05, 0) is 50.4 Å². The summed E-state index contributed by atoms with van der Waals surface area (Å²) in [6.07, 6.45) is 3.65. The van der Waals surface area contributed by atoms with Gasteiger partial charge in [0.1, 0.15) is 30.5 Å². The highest BCUT2D eigenvalue weighted by atomic mass is 16.6. The van der Waals surface area contributed by atoms with Crippen molar-refractivity contribution in [3.63, 3.8) is 0 Å². The summed E-state index contributed by atoms with van der Waals surface area (Å²) >= 11 is 0. The quantitative estimate of drug-likeness (QED) is 0.607. The summed E-state index contributed by atoms with van der Waals surface area (Å²) in [6, 6.07) is 0. The zero-order chi connectivity index (χ0) is 19.8. The number of aliphatic hydroxyl groups excluding tert-OH is 3. The van der Waals surface area contributed by atoms with Crippen molar-refractivity contribution in [2.75, 3.05) is 13.2 Å². The number of esters is 1. The highest BCUT2D eigenvalue weighted by Crippen LogP contribution is 2.49. The third-order valence-corrected chi connectivity index (χ3v) is 7.57. The standard InChI is InChI=1S/C21H34O7/c1-11-18(23)20(19(24)17(9-22)27-11)26-10-13-8-15-14-5-3-2-4-12(14)6-7-16(15)28-21(13)25/h11-20,22-24H,2-10H2,1H3/t11?,12?,13?,14?,15?,16?,17?,18-,19?,20?/m0/s1. The fourth-order valence-corrected chi connectivity index (χ4v) is 6.00. The van der Waals surface area contributed by atoms with E-state index in [2.05, 4.69) is 0 Å². The molecule has 0 aromatic carbocycles. The van der Waals surface area contributed by atoms with Gasteiger partial charge in [-0.3, -0.25) is 4.79 Å². The molecule has 0 radical (unpaired) electrons. The van der Waals surface area contributed by atoms with E-state index in [1.54, 1.807) is 6.92 Å². The summed E-state index contributed by atoms with van der Waals surface area (Å²) in [5, 5.41) is 30.1. The van der Waals surface area contributed by atoms with Crippen LogP contribution in [0.15, 0.2) is 0 Å². The average Bonchev–Trinajstić information content (AvgIpc) is 2.70. The lowest BCUT2D eigenvalue weighted by Gasteiger charge is -2.48. The van der Waals surface area contributed by atoms with Gasteiger partial charge in [0.05, 0.1) is 25.2 Å². The Morgan fingerprint density at radius 1 is 1.07 bits per heavy atom. The molecule has 9 unspecified atom stereocenters. The van der Waals surface area contributed by atoms with E-state index in [9.17, 15) is 20.1 Å². The van der Waals surface area contributed by atoms with Crippen LogP contribution < -0.4 is 0 Å². The number of hydrogen-bond donors (Lipinski definition) is 3. The molecule has 2 aliphatic carbocycles. The Hall–Kier alpha value is -0.730. The minimum atomic E-state index is -1.14. The number of aliphatic hydroxyl groups is 3. The Bertz CT molecular complexity index is 555. The molecule has 4 aliphatic rings. The summed E-state index contributed by atoms with van der Waals surface area (Å²) in [4.78, 5) is 12.5. The number of hydrogen-bond acceptors (Lipinski definition) is 7. The third kappa shape index (κ3) is 3.84. The van der Waals surface area contributed by atoms with E-state index in [0.29, 0.717) is 11.8 Å². The minimum absolute atomic E-state index is 0.0427. The number of rotatable bonds is 4. The van der Waals surface area contributed by atoms with Gasteiger partial charge in [0.2, 0.25) is 0 Å². The van der Waals surface area contributed by atoms with Crippen molar-refractivity contribution in [3.8, 4) is 0 Å². The predicted molar refractivity (Wildman–Crippen MR) is 99.3 cm³/mol. The Kier molecular flexibility index (Phi) is 6.28. The fourth-order valence-electron chi connectivity index (χ4n) is 6.00. The molecule has 2 heterocycles. The van der Waals surface area contributed by atoms with Crippen LogP contribution in [0.25, 0.3) is 0 Å². The molecule has 0 aromatic heterocycles. The van der Waals surface area contributed by atoms with Crippen molar-refractivity contribution in [3.05, 3.63) is 0 Å². The van der Waals surface area contributed by atoms with Crippen LogP contribution in [0.5, 0.6) is 0 Å². The number of ether oxygens (including phenoxy) is 3. The lowest BCUT2D eigenvalue weighted by atomic mass is 9.62. The van der Waals surface area contributed by atoms with Crippen molar-refractivity contribution in [1.29, 1.82) is 0 Å². The molecule has 28 heavy (non-hydrogen) atoms. The van der Waals surface area contributed by atoms with Gasteiger partial charge < -0.3 is 29.5 Å². The largest absolute Gasteiger partial charge is 0.462 e. The maximum Gasteiger partial charge on any atom is 0.311 e. The molecule has 2 aliphatic heterocycles. The molecule has 7 heteroatoms. The molecule has 4 fully saturated rings. The van der Waals surface area contributed by atoms with Gasteiger partial charge in [0.25, 0.3) is 0 Å². The van der Waals surface area contributed by atoms with Crippen molar-refractivity contribution in [2.45, 2.75) is 88.5 Å². The lowest BCUT2D eigenvalue weighted by molar-refractivity contribution is -0.242. The van der Waals surface area contributed by atoms with E-state index < -0.39 is 30.5 Å². The second-order valence-electron chi connectivity index (χ2n) is 9.20. The summed E-state index contributed by atoms with van der Waals surface area (Å²) in [7, 11) is 0. The average molecular weight is 398 g/mol. The molecule has 7 nitrogen and oxygen atoms in total. The van der Waals surface area contributed by atoms with E-state index in [-0.39, 0.29) is 31.2 Å². The maximum atomic E-state index is 12.5. The van der Waals surface area contributed by atoms with Gasteiger partial charge in [-0.25, -0.2) is 0 Å². The molecule has 2 saturated carbocycles. The normalized spacial score (nSPS) is 49.1. The number of carbonyl (C=O) groups excluding carboxylic acids is 1. The van der Waals surface area contributed by atoms with Gasteiger partial charge in [-0.1, -0.05) is 19.3 Å². The number of fused-ring (bicyclic) bond motifs is 3. The summed E-state index contributed by atoms with van der Waals surface area (Å²) in [5.41, 5.74) is 0. The molecule has 0 aromatic rings. The van der Waals surface area contributed by atoms with Gasteiger partial charge in [0.15, 0.2) is 0 Å². The number of carbonyl (C=O) groups is 1. The Morgan fingerprint density at radius 2 is 1.86 bits per heavy atom. The first-order valence-electron chi connectivity index (χ1n) is 10.9. The van der Waals surface area contributed by atoms with E-state index in [4.69, 9.17) is 14.2 Å². The van der Waals surface area contributed by atoms with Crippen LogP contribution in [0.4, 0.5) is 0 Å². The fraction of sp³-hybridized carbons (Fsp3) is 0.952. The molecule has 4 rings (SSSR count). The highest BCUT2D eigenvalue weighted by molar-refractivity contribution is 5.73. The lowest BCUT2D eigenvalue weighted by Crippen LogP contribution is -2.59. The Labute approximate surface area is 166 Å². The van der Waals surface area contributed by atoms with Gasteiger partial charge >= 0.3 is 5.97 Å². The van der Waals surface area contributed by atoms with Crippen molar-refractivity contribution < 1.29 is 34.3 Å². The van der Waals surface area contributed by atoms with Crippen LogP contribution in [0.3, 0.4) is 0 Å². The molecule has 3 N–H and O–H groups in total. The third-order valence-electron chi connectivity index (χ3n) is 7.57. The van der Waals surface area contributed by atoms with Crippen LogP contribution in [0.2, 0.25) is 0 Å². The van der Waals surface area contributed by atoms with Crippen molar-refractivity contribution in [2.24, 2.45) is 23.7 Å². The molecule has 160 valence electrons. The first kappa shape index (κ1) is 20.5. The smallest absolute Gasteiger partial charge is 0.311 e. The minimum Gasteiger partial charge on any atom is -0.462 e. The van der Waals surface area contributed by atoms with Crippen LogP contribution in [-0.4, -0.2) is 71.1 Å². The molecule has 0 bridgehead atoms. The SMILES string of the molecule is CC1OC(CO)C(O)C(OCC2CC3C(CCC4CCCCC43)OC2=O)[C@H]1O. The van der Waals surface area contributed by atoms with E-state index >= 15 is 0 Å². The Morgan fingerprint density at radius 3 is 2.64 bits per heavy atom. The Balaban J connectivity index is 1.39. The van der Waals surface area contributed by atoms with Crippen molar-refractivity contribution >= 4 is 5.97 Å². The maximum absolute atomic E-state index is 12.5. The second-order valence-corrected chi connectivity index (χ2v) is 9.20. The predicted octanol–water partition coefficient (Wildman–Crippen LogP) is 1.02. The van der Waals surface area contributed by atoms with Crippen LogP contribution in [0, 0.1) is 23.7 Å². The van der Waals surface area contributed by atoms with Crippen LogP contribution in [-0.2, 0) is 19.0 Å². The second kappa shape index (κ2) is 8.56. The van der Waals surface area contributed by atoms with Gasteiger partial charge in [0, 0.05) is 0 Å². The molecule has 0 spiro atoms. The van der Waals surface area contributed by atoms with E-state index in [1.165, 1.54) is 32.1 Å². The highest BCUT2D eigenvalue weighted by Gasteiger charge is 2.48. The zero-order valence-electron chi connectivity index (χ0n) is 16.6. The molecule has 2 saturated heterocycles. The molecule has 10 atom stereocenters. The van der Waals surface area contributed by atoms with Crippen molar-refractivity contribution in [1.82, 2.24) is 0 Å². The van der Waals surface area contributed by atoms with Crippen LogP contribution >= 0.6 is 0 Å². The van der Waals surface area contributed by atoms with E-state index in [1.807, 2.05) is 0 Å². The first-order chi connectivity index (χ1) is 13.5. The topological polar surface area (TPSA) is 105 Å².